The molecule has 2 aromatic heterocycles. The lowest BCUT2D eigenvalue weighted by Gasteiger charge is -2.16. The molecule has 0 atom stereocenters. The van der Waals surface area contributed by atoms with Gasteiger partial charge in [-0.3, -0.25) is 0 Å². The van der Waals surface area contributed by atoms with Crippen LogP contribution < -0.4 is 28.1 Å². The third-order valence-corrected chi connectivity index (χ3v) is 9.66. The molecule has 4 aromatic carbocycles. The molecule has 0 bridgehead atoms. The minimum atomic E-state index is -6.00. The predicted octanol–water partition coefficient (Wildman–Crippen LogP) is 9.20. The molecule has 6 aromatic rings. The second-order valence-corrected chi connectivity index (χ2v) is 15.2. The van der Waals surface area contributed by atoms with E-state index >= 15 is 0 Å². The van der Waals surface area contributed by atoms with E-state index < -0.39 is 14.5 Å². The number of esters is 2. The average molecular weight is 1050 g/mol. The zero-order valence-electron chi connectivity index (χ0n) is 40.8. The van der Waals surface area contributed by atoms with Gasteiger partial charge in [-0.1, -0.05) is 48.5 Å². The number of hydrogen-bond donors (Lipinski definition) is 0. The number of aromatic nitrogens is 2. The van der Waals surface area contributed by atoms with Gasteiger partial charge in [0.25, 0.3) is 0 Å². The Balaban J connectivity index is 0.000000294. The molecule has 0 unspecified atom stereocenters. The zero-order valence-corrected chi connectivity index (χ0v) is 40.8. The lowest BCUT2D eigenvalue weighted by Crippen LogP contribution is -2.44. The maximum absolute atomic E-state index is 11.8. The van der Waals surface area contributed by atoms with Crippen molar-refractivity contribution in [2.45, 2.75) is 26.9 Å². The van der Waals surface area contributed by atoms with Crippen molar-refractivity contribution in [1.29, 1.82) is 0 Å². The fraction of sp³-hybridized carbons (Fsp3) is 0.360. The number of pyridine rings is 2. The van der Waals surface area contributed by atoms with Crippen LogP contribution in [0, 0.1) is 0 Å². The Morgan fingerprint density at radius 2 is 0.689 bits per heavy atom. The SMILES string of the molecule is CCOC(=O)c1ccc[n+](CC[n+]2cccc(C(=O)OCC)c2)c1.F[B-](F)(F)F.F[B-](F)(F)F.c1ccc2cc3c(cc2c1)OCCOCCOCCOc1cc2ccccc2cc1OCCOCCOCCO3. The van der Waals surface area contributed by atoms with E-state index in [2.05, 4.69) is 24.3 Å². The highest BCUT2D eigenvalue weighted by Crippen LogP contribution is 2.34. The summed E-state index contributed by atoms with van der Waals surface area (Å²) in [6.45, 7) is 10.8. The number of nitrogens with zero attached hydrogens (tertiary/aromatic N) is 2. The van der Waals surface area contributed by atoms with Crippen LogP contribution in [-0.2, 0) is 41.5 Å². The zero-order chi connectivity index (χ0) is 53.6. The van der Waals surface area contributed by atoms with Gasteiger partial charge in [-0.05, 0) is 71.8 Å². The van der Waals surface area contributed by atoms with E-state index in [9.17, 15) is 44.1 Å². The highest BCUT2D eigenvalue weighted by molar-refractivity contribution is 6.50. The van der Waals surface area contributed by atoms with Crippen LogP contribution in [0.3, 0.4) is 0 Å². The van der Waals surface area contributed by atoms with Crippen LogP contribution in [0.2, 0.25) is 0 Å². The molecule has 0 saturated carbocycles. The molecule has 0 N–H and O–H groups in total. The summed E-state index contributed by atoms with van der Waals surface area (Å²) in [7, 11) is -12.0. The van der Waals surface area contributed by atoms with Gasteiger partial charge < -0.3 is 81.9 Å². The normalized spacial score (nSPS) is 14.2. The number of benzene rings is 4. The van der Waals surface area contributed by atoms with Gasteiger partial charge in [-0.25, -0.2) is 9.59 Å². The molecule has 7 rings (SSSR count). The topological polar surface area (TPSA) is 134 Å². The van der Waals surface area contributed by atoms with Crippen molar-refractivity contribution in [1.82, 2.24) is 0 Å². The molecule has 24 heteroatoms. The molecule has 1 aliphatic heterocycles. The van der Waals surface area contributed by atoms with Gasteiger partial charge in [0.1, 0.15) is 37.6 Å². The van der Waals surface area contributed by atoms with Crippen LogP contribution in [0.4, 0.5) is 34.5 Å². The Bertz CT molecular complexity index is 2330. The van der Waals surface area contributed by atoms with E-state index in [0.717, 1.165) is 21.5 Å². The Hall–Kier alpha value is -6.75. The van der Waals surface area contributed by atoms with Gasteiger partial charge in [-0.2, -0.15) is 9.13 Å². The van der Waals surface area contributed by atoms with Crippen molar-refractivity contribution in [2.75, 3.05) is 92.5 Å². The van der Waals surface area contributed by atoms with Crippen molar-refractivity contribution < 1.29 is 101 Å². The maximum atomic E-state index is 11.8. The number of carbonyl (C=O) groups excluding carboxylic acids is 2. The third-order valence-electron chi connectivity index (χ3n) is 9.66. The third kappa shape index (κ3) is 24.8. The van der Waals surface area contributed by atoms with Gasteiger partial charge in [0.15, 0.2) is 47.8 Å². The number of hydrogen-bond acceptors (Lipinski definition) is 12. The Morgan fingerprint density at radius 3 is 0.946 bits per heavy atom. The molecule has 0 aliphatic carbocycles. The smallest absolute Gasteiger partial charge is 0.487 e. The minimum absolute atomic E-state index is 0.330. The molecule has 0 spiro atoms. The van der Waals surface area contributed by atoms with E-state index in [1.54, 1.807) is 38.4 Å². The number of aryl methyl sites for hydroxylation is 2. The van der Waals surface area contributed by atoms with Gasteiger partial charge >= 0.3 is 26.4 Å². The van der Waals surface area contributed by atoms with Crippen LogP contribution in [0.25, 0.3) is 21.5 Å². The second kappa shape index (κ2) is 32.4. The Kier molecular flexibility index (Phi) is 26.2. The highest BCUT2D eigenvalue weighted by Gasteiger charge is 2.21. The minimum Gasteiger partial charge on any atom is -0.487 e. The van der Waals surface area contributed by atoms with Crippen LogP contribution in [0.1, 0.15) is 34.6 Å². The molecular weight excluding hydrogens is 994 g/mol. The van der Waals surface area contributed by atoms with E-state index in [1.807, 2.05) is 82.2 Å². The van der Waals surface area contributed by atoms with E-state index in [1.165, 1.54) is 0 Å². The summed E-state index contributed by atoms with van der Waals surface area (Å²) in [5.74, 6) is 2.07. The first-order valence-corrected chi connectivity index (χ1v) is 23.5. The van der Waals surface area contributed by atoms with E-state index in [0.29, 0.717) is 140 Å². The van der Waals surface area contributed by atoms with Crippen LogP contribution in [0.5, 0.6) is 23.0 Å². The highest BCUT2D eigenvalue weighted by atomic mass is 19.5. The Labute approximate surface area is 423 Å². The van der Waals surface area contributed by atoms with Gasteiger partial charge in [0, 0.05) is 12.1 Å². The first-order valence-electron chi connectivity index (χ1n) is 23.5. The lowest BCUT2D eigenvalue weighted by atomic mass is 10.1. The molecule has 0 radical (unpaired) electrons. The van der Waals surface area contributed by atoms with Crippen molar-refractivity contribution in [3.05, 3.63) is 133 Å². The molecule has 74 heavy (non-hydrogen) atoms. The van der Waals surface area contributed by atoms with Crippen LogP contribution in [0.15, 0.2) is 122 Å². The van der Waals surface area contributed by atoms with E-state index in [4.69, 9.17) is 47.4 Å². The molecule has 0 saturated heterocycles. The van der Waals surface area contributed by atoms with Crippen molar-refractivity contribution in [3.63, 3.8) is 0 Å². The van der Waals surface area contributed by atoms with Crippen molar-refractivity contribution in [2.24, 2.45) is 0 Å². The molecular formula is C50H58B2F8N2O12. The number of halogens is 8. The van der Waals surface area contributed by atoms with Crippen LogP contribution >= 0.6 is 0 Å². The summed E-state index contributed by atoms with van der Waals surface area (Å²) < 4.78 is 139. The summed E-state index contributed by atoms with van der Waals surface area (Å²) in [6, 6.07) is 31.3. The standard InChI is InChI=1S/C32H36O8.C18H22N2O4.2BF4/c1-2-6-26-22-30-29(21-25(26)5-1)37-17-13-33-9-10-35-15-19-39-31-23-27-7-3-4-8-28(27)24-32(31)40-20-16-36-12-11-34-14-18-38-30;1-3-23-17(21)15-7-5-9-19(13-15)11-12-20-10-6-8-16(14-20)18(22)24-4-2;2*2-1(3,4)5/h1-8,21-24H,9-20H2;5-10,13-14H,3-4,11-12H2,1-2H3;;/q;+2;2*-1. The van der Waals surface area contributed by atoms with Gasteiger partial charge in [0.05, 0.1) is 66.1 Å². The van der Waals surface area contributed by atoms with Gasteiger partial charge in [-0.15, -0.1) is 0 Å². The first-order chi connectivity index (χ1) is 35.5. The average Bonchev–Trinajstić information content (AvgIpc) is 3.36. The largest absolute Gasteiger partial charge is 0.673 e. The molecule has 14 nitrogen and oxygen atoms in total. The van der Waals surface area contributed by atoms with Crippen LogP contribution in [-0.4, -0.2) is 119 Å². The van der Waals surface area contributed by atoms with Crippen molar-refractivity contribution in [3.8, 4) is 23.0 Å². The fourth-order valence-electron chi connectivity index (χ4n) is 6.56. The quantitative estimate of drug-likeness (QED) is 0.0653. The number of rotatable bonds is 7. The summed E-state index contributed by atoms with van der Waals surface area (Å²) >= 11 is 0. The molecule has 1 aliphatic rings. The predicted molar refractivity (Wildman–Crippen MR) is 259 cm³/mol. The molecule has 3 heterocycles. The molecule has 402 valence electrons. The molecule has 0 amide bonds. The monoisotopic (exact) mass is 1050 g/mol. The Morgan fingerprint density at radius 1 is 0.432 bits per heavy atom. The van der Waals surface area contributed by atoms with E-state index in [-0.39, 0.29) is 11.9 Å². The second-order valence-electron chi connectivity index (χ2n) is 15.2. The molecule has 0 fully saturated rings. The number of carbonyl (C=O) groups is 2. The lowest BCUT2D eigenvalue weighted by molar-refractivity contribution is -0.778. The summed E-state index contributed by atoms with van der Waals surface area (Å²) in [6.07, 6.45) is 7.29. The summed E-state index contributed by atoms with van der Waals surface area (Å²) in [4.78, 5) is 23.5. The summed E-state index contributed by atoms with van der Waals surface area (Å²) in [5.41, 5.74) is 1.04. The maximum Gasteiger partial charge on any atom is 0.673 e. The summed E-state index contributed by atoms with van der Waals surface area (Å²) in [5, 5.41) is 4.34. The fourth-order valence-corrected chi connectivity index (χ4v) is 6.56. The number of ether oxygens (including phenoxy) is 10. The first kappa shape index (κ1) is 59.8. The number of fused-ring (bicyclic) bond motifs is 4. The van der Waals surface area contributed by atoms with Gasteiger partial charge in [0.2, 0.25) is 13.1 Å². The van der Waals surface area contributed by atoms with Crippen molar-refractivity contribution >= 4 is 48.0 Å².